The van der Waals surface area contributed by atoms with E-state index in [-0.39, 0.29) is 31.0 Å². The van der Waals surface area contributed by atoms with Gasteiger partial charge in [0.25, 0.3) is 5.91 Å². The number of hydrogen-bond donors (Lipinski definition) is 1. The third kappa shape index (κ3) is 5.39. The second kappa shape index (κ2) is 9.13. The summed E-state index contributed by atoms with van der Waals surface area (Å²) >= 11 is 0. The molecule has 0 unspecified atom stereocenters. The second-order valence-corrected chi connectivity index (χ2v) is 5.12. The lowest BCUT2D eigenvalue weighted by Crippen LogP contribution is -2.29. The van der Waals surface area contributed by atoms with Gasteiger partial charge in [-0.25, -0.2) is 9.37 Å². The highest BCUT2D eigenvalue weighted by Crippen LogP contribution is 2.16. The van der Waals surface area contributed by atoms with Gasteiger partial charge in [0.2, 0.25) is 0 Å². The number of aromatic nitrogens is 1. The number of halogens is 1. The Balaban J connectivity index is 1.80. The molecule has 0 saturated heterocycles. The molecule has 0 bridgehead atoms. The van der Waals surface area contributed by atoms with Gasteiger partial charge >= 0.3 is 0 Å². The fourth-order valence-corrected chi connectivity index (χ4v) is 2.05. The molecule has 128 valence electrons. The van der Waals surface area contributed by atoms with Gasteiger partial charge in [0.05, 0.1) is 12.7 Å². The number of nitriles is 1. The fraction of sp³-hybridized carbons (Fsp3) is 0.222. The smallest absolute Gasteiger partial charge is 0.250 e. The van der Waals surface area contributed by atoms with E-state index in [9.17, 15) is 14.0 Å². The molecule has 0 radical (unpaired) electrons. The van der Waals surface area contributed by atoms with E-state index < -0.39 is 23.4 Å². The SMILES string of the molecule is N#C[C@@H](C(=O)CCCOc1ccccc1F)C(=O)Nc1ccccn1. The number of amides is 1. The summed E-state index contributed by atoms with van der Waals surface area (Å²) < 4.78 is 18.6. The number of para-hydroxylation sites is 1. The Hall–Kier alpha value is -3.27. The van der Waals surface area contributed by atoms with E-state index in [0.717, 1.165) is 0 Å². The van der Waals surface area contributed by atoms with Crippen LogP contribution in [0.2, 0.25) is 0 Å². The molecule has 0 aliphatic carbocycles. The zero-order valence-corrected chi connectivity index (χ0v) is 13.3. The van der Waals surface area contributed by atoms with Gasteiger partial charge in [-0.15, -0.1) is 0 Å². The van der Waals surface area contributed by atoms with E-state index in [0.29, 0.717) is 0 Å². The number of pyridine rings is 1. The third-order valence-electron chi connectivity index (χ3n) is 3.29. The number of carbonyl (C=O) groups excluding carboxylic acids is 2. The molecule has 1 amide bonds. The number of benzene rings is 1. The molecule has 0 fully saturated rings. The number of nitrogens with one attached hydrogen (secondary N) is 1. The summed E-state index contributed by atoms with van der Waals surface area (Å²) in [5.41, 5.74) is 0. The lowest BCUT2D eigenvalue weighted by atomic mass is 10.0. The Kier molecular flexibility index (Phi) is 6.60. The van der Waals surface area contributed by atoms with Crippen molar-refractivity contribution < 1.29 is 18.7 Å². The van der Waals surface area contributed by atoms with Crippen LogP contribution in [-0.2, 0) is 9.59 Å². The van der Waals surface area contributed by atoms with E-state index in [1.54, 1.807) is 36.4 Å². The van der Waals surface area contributed by atoms with Crippen LogP contribution in [0.15, 0.2) is 48.7 Å². The first kappa shape index (κ1) is 18.1. The predicted octanol–water partition coefficient (Wildman–Crippen LogP) is 2.73. The number of ketones is 1. The molecule has 25 heavy (non-hydrogen) atoms. The molecule has 1 aromatic heterocycles. The number of rotatable bonds is 8. The quantitative estimate of drug-likeness (QED) is 0.589. The maximum atomic E-state index is 13.4. The number of ether oxygens (including phenoxy) is 1. The molecule has 0 aliphatic rings. The average Bonchev–Trinajstić information content (AvgIpc) is 2.61. The number of hydrogen-bond acceptors (Lipinski definition) is 5. The van der Waals surface area contributed by atoms with Gasteiger partial charge in [0.1, 0.15) is 5.82 Å². The summed E-state index contributed by atoms with van der Waals surface area (Å²) in [5.74, 6) is -2.79. The highest BCUT2D eigenvalue weighted by atomic mass is 19.1. The number of carbonyl (C=O) groups is 2. The summed E-state index contributed by atoms with van der Waals surface area (Å²) in [4.78, 5) is 28.0. The van der Waals surface area contributed by atoms with Crippen molar-refractivity contribution in [2.75, 3.05) is 11.9 Å². The minimum absolute atomic E-state index is 0.0255. The highest BCUT2D eigenvalue weighted by molar-refractivity contribution is 6.09. The van der Waals surface area contributed by atoms with Gasteiger partial charge in [0, 0.05) is 12.6 Å². The van der Waals surface area contributed by atoms with Crippen molar-refractivity contribution in [2.45, 2.75) is 12.8 Å². The first-order chi connectivity index (χ1) is 12.1. The minimum Gasteiger partial charge on any atom is -0.491 e. The van der Waals surface area contributed by atoms with E-state index in [1.165, 1.54) is 18.3 Å². The zero-order chi connectivity index (χ0) is 18.1. The van der Waals surface area contributed by atoms with Crippen LogP contribution in [0.1, 0.15) is 12.8 Å². The molecule has 1 N–H and O–H groups in total. The van der Waals surface area contributed by atoms with Crippen molar-refractivity contribution in [3.63, 3.8) is 0 Å². The van der Waals surface area contributed by atoms with Crippen LogP contribution in [0.5, 0.6) is 5.75 Å². The first-order valence-electron chi connectivity index (χ1n) is 7.63. The van der Waals surface area contributed by atoms with E-state index >= 15 is 0 Å². The Morgan fingerprint density at radius 1 is 1.24 bits per heavy atom. The molecule has 0 aliphatic heterocycles. The molecule has 1 aromatic carbocycles. The Morgan fingerprint density at radius 3 is 2.68 bits per heavy atom. The van der Waals surface area contributed by atoms with Crippen molar-refractivity contribution in [3.8, 4) is 11.8 Å². The van der Waals surface area contributed by atoms with Gasteiger partial charge in [-0.2, -0.15) is 5.26 Å². The van der Waals surface area contributed by atoms with Crippen LogP contribution in [-0.4, -0.2) is 23.3 Å². The summed E-state index contributed by atoms with van der Waals surface area (Å²) in [6.07, 6.45) is 1.73. The third-order valence-corrected chi connectivity index (χ3v) is 3.29. The standard InChI is InChI=1S/C18H16FN3O3/c19-14-6-1-2-8-16(14)25-11-5-7-15(23)13(12-20)18(24)22-17-9-3-4-10-21-17/h1-4,6,8-10,13H,5,7,11H2,(H,21,22,24)/t13-/m0/s1. The molecule has 0 saturated carbocycles. The van der Waals surface area contributed by atoms with Crippen molar-refractivity contribution in [2.24, 2.45) is 5.92 Å². The Bertz CT molecular complexity index is 775. The molecule has 7 heteroatoms. The van der Waals surface area contributed by atoms with Crippen LogP contribution in [0.25, 0.3) is 0 Å². The number of anilines is 1. The van der Waals surface area contributed by atoms with E-state index in [4.69, 9.17) is 10.00 Å². The van der Waals surface area contributed by atoms with E-state index in [1.807, 2.05) is 0 Å². The van der Waals surface area contributed by atoms with Gasteiger partial charge in [-0.3, -0.25) is 9.59 Å². The summed E-state index contributed by atoms with van der Waals surface area (Å²) in [5, 5.41) is 11.5. The van der Waals surface area contributed by atoms with Crippen LogP contribution < -0.4 is 10.1 Å². The van der Waals surface area contributed by atoms with Crippen molar-refractivity contribution in [3.05, 3.63) is 54.5 Å². The number of Topliss-reactive ketones (excluding diaryl/α,β-unsaturated/α-hetero) is 1. The minimum atomic E-state index is -1.42. The number of nitrogens with zero attached hydrogens (tertiary/aromatic N) is 2. The topological polar surface area (TPSA) is 92.1 Å². The second-order valence-electron chi connectivity index (χ2n) is 5.12. The molecule has 2 aromatic rings. The molecule has 1 heterocycles. The van der Waals surface area contributed by atoms with E-state index in [2.05, 4.69) is 10.3 Å². The lowest BCUT2D eigenvalue weighted by molar-refractivity contribution is -0.129. The van der Waals surface area contributed by atoms with Crippen molar-refractivity contribution >= 4 is 17.5 Å². The van der Waals surface area contributed by atoms with Crippen molar-refractivity contribution in [1.29, 1.82) is 5.26 Å². The lowest BCUT2D eigenvalue weighted by Gasteiger charge is -2.10. The Morgan fingerprint density at radius 2 is 2.00 bits per heavy atom. The monoisotopic (exact) mass is 341 g/mol. The molecule has 1 atom stereocenters. The van der Waals surface area contributed by atoms with Crippen molar-refractivity contribution in [1.82, 2.24) is 4.98 Å². The summed E-state index contributed by atoms with van der Waals surface area (Å²) in [6, 6.07) is 12.5. The molecular formula is C18H16FN3O3. The fourth-order valence-electron chi connectivity index (χ4n) is 2.05. The normalized spacial score (nSPS) is 11.2. The Labute approximate surface area is 144 Å². The van der Waals surface area contributed by atoms with Crippen LogP contribution in [0.4, 0.5) is 10.2 Å². The maximum absolute atomic E-state index is 13.4. The highest BCUT2D eigenvalue weighted by Gasteiger charge is 2.26. The zero-order valence-electron chi connectivity index (χ0n) is 13.3. The first-order valence-corrected chi connectivity index (χ1v) is 7.63. The van der Waals surface area contributed by atoms with Crippen LogP contribution in [0.3, 0.4) is 0 Å². The maximum Gasteiger partial charge on any atom is 0.250 e. The average molecular weight is 341 g/mol. The molecule has 6 nitrogen and oxygen atoms in total. The van der Waals surface area contributed by atoms with Gasteiger partial charge < -0.3 is 10.1 Å². The van der Waals surface area contributed by atoms with Gasteiger partial charge in [-0.05, 0) is 30.7 Å². The van der Waals surface area contributed by atoms with Crippen LogP contribution >= 0.6 is 0 Å². The van der Waals surface area contributed by atoms with Crippen LogP contribution in [0, 0.1) is 23.1 Å². The largest absolute Gasteiger partial charge is 0.491 e. The molecule has 2 rings (SSSR count). The van der Waals surface area contributed by atoms with Gasteiger partial charge in [0.15, 0.2) is 23.3 Å². The summed E-state index contributed by atoms with van der Waals surface area (Å²) in [7, 11) is 0. The summed E-state index contributed by atoms with van der Waals surface area (Å²) in [6.45, 7) is 0.104. The van der Waals surface area contributed by atoms with Gasteiger partial charge in [-0.1, -0.05) is 18.2 Å². The predicted molar refractivity (Wildman–Crippen MR) is 88.1 cm³/mol. The molecular weight excluding hydrogens is 325 g/mol. The molecule has 0 spiro atoms.